The van der Waals surface area contributed by atoms with Crippen molar-refractivity contribution in [2.75, 3.05) is 6.54 Å². The highest BCUT2D eigenvalue weighted by molar-refractivity contribution is 7.89. The summed E-state index contributed by atoms with van der Waals surface area (Å²) in [6, 6.07) is 13.8. The number of aromatic nitrogens is 2. The van der Waals surface area contributed by atoms with E-state index in [-0.39, 0.29) is 17.2 Å². The number of para-hydroxylation sites is 2. The van der Waals surface area contributed by atoms with Crippen LogP contribution in [0, 0.1) is 6.92 Å². The summed E-state index contributed by atoms with van der Waals surface area (Å²) in [6.07, 6.45) is 0. The van der Waals surface area contributed by atoms with Crippen molar-refractivity contribution >= 4 is 26.8 Å². The maximum Gasteiger partial charge on any atom is 0.240 e. The van der Waals surface area contributed by atoms with E-state index in [0.29, 0.717) is 12.1 Å². The number of Topliss-reactive ketones (excluding diaryl/α,β-unsaturated/α-hetero) is 1. The zero-order valence-corrected chi connectivity index (χ0v) is 14.9. The van der Waals surface area contributed by atoms with Crippen LogP contribution in [0.15, 0.2) is 53.4 Å². The van der Waals surface area contributed by atoms with Crippen LogP contribution in [0.3, 0.4) is 0 Å². The third-order valence-corrected chi connectivity index (χ3v) is 5.48. The Kier molecular flexibility index (Phi) is 4.69. The Hall–Kier alpha value is -2.51. The van der Waals surface area contributed by atoms with Gasteiger partial charge in [-0.25, -0.2) is 18.1 Å². The first-order chi connectivity index (χ1) is 11.9. The number of nitrogens with one attached hydrogen (secondary N) is 1. The average Bonchev–Trinajstić information content (AvgIpc) is 2.90. The van der Waals surface area contributed by atoms with Gasteiger partial charge < -0.3 is 4.57 Å². The number of rotatable bonds is 6. The molecule has 1 N–H and O–H groups in total. The summed E-state index contributed by atoms with van der Waals surface area (Å²) in [5, 5.41) is 0. The maximum absolute atomic E-state index is 12.4. The van der Waals surface area contributed by atoms with Crippen molar-refractivity contribution in [3.05, 3.63) is 59.9 Å². The number of benzene rings is 2. The largest absolute Gasteiger partial charge is 0.327 e. The molecule has 3 aromatic rings. The minimum Gasteiger partial charge on any atom is -0.327 e. The predicted molar refractivity (Wildman–Crippen MR) is 96.1 cm³/mol. The van der Waals surface area contributed by atoms with Crippen LogP contribution in [0.5, 0.6) is 0 Å². The second-order valence-electron chi connectivity index (χ2n) is 5.78. The van der Waals surface area contributed by atoms with Gasteiger partial charge in [-0.1, -0.05) is 24.3 Å². The van der Waals surface area contributed by atoms with Crippen LogP contribution >= 0.6 is 0 Å². The number of sulfonamides is 1. The number of carbonyl (C=O) groups is 1. The number of imidazole rings is 1. The van der Waals surface area contributed by atoms with E-state index in [1.165, 1.54) is 19.1 Å². The number of ketones is 1. The van der Waals surface area contributed by atoms with Crippen molar-refractivity contribution < 1.29 is 13.2 Å². The topological polar surface area (TPSA) is 81.1 Å². The Bertz CT molecular complexity index is 1040. The van der Waals surface area contributed by atoms with E-state index in [9.17, 15) is 13.2 Å². The normalized spacial score (nSPS) is 11.8. The van der Waals surface area contributed by atoms with E-state index >= 15 is 0 Å². The summed E-state index contributed by atoms with van der Waals surface area (Å²) in [5.74, 6) is 0.663. The van der Waals surface area contributed by atoms with Crippen molar-refractivity contribution in [1.29, 1.82) is 0 Å². The lowest BCUT2D eigenvalue weighted by Gasteiger charge is -2.10. The van der Waals surface area contributed by atoms with Gasteiger partial charge in [-0.15, -0.1) is 0 Å². The van der Waals surface area contributed by atoms with Gasteiger partial charge in [0.2, 0.25) is 10.0 Å². The SMILES string of the molecule is CC(=O)c1cccc(S(=O)(=O)NCCn2c(C)nc3ccccc32)c1. The highest BCUT2D eigenvalue weighted by Gasteiger charge is 2.15. The van der Waals surface area contributed by atoms with Crippen molar-refractivity contribution in [3.63, 3.8) is 0 Å². The molecule has 1 aromatic heterocycles. The number of hydrogen-bond acceptors (Lipinski definition) is 4. The molecule has 0 saturated carbocycles. The summed E-state index contributed by atoms with van der Waals surface area (Å²) >= 11 is 0. The molecule has 0 bridgehead atoms. The highest BCUT2D eigenvalue weighted by Crippen LogP contribution is 2.15. The molecule has 0 fully saturated rings. The van der Waals surface area contributed by atoms with E-state index in [2.05, 4.69) is 9.71 Å². The summed E-state index contributed by atoms with van der Waals surface area (Å²) in [7, 11) is -3.67. The van der Waals surface area contributed by atoms with Crippen molar-refractivity contribution in [2.45, 2.75) is 25.3 Å². The van der Waals surface area contributed by atoms with Crippen LogP contribution in [-0.4, -0.2) is 30.3 Å². The molecule has 0 aliphatic heterocycles. The molecule has 3 rings (SSSR count). The molecule has 6 nitrogen and oxygen atoms in total. The maximum atomic E-state index is 12.4. The molecule has 1 heterocycles. The van der Waals surface area contributed by atoms with Gasteiger partial charge in [0.15, 0.2) is 5.78 Å². The van der Waals surface area contributed by atoms with E-state index in [0.717, 1.165) is 16.9 Å². The number of hydrogen-bond donors (Lipinski definition) is 1. The quantitative estimate of drug-likeness (QED) is 0.688. The average molecular weight is 357 g/mol. The number of aryl methyl sites for hydroxylation is 1. The molecule has 0 aliphatic rings. The molecule has 7 heteroatoms. The molecular formula is C18H19N3O3S. The number of nitrogens with zero attached hydrogens (tertiary/aromatic N) is 2. The fourth-order valence-electron chi connectivity index (χ4n) is 2.74. The molecule has 2 aromatic carbocycles. The molecular weight excluding hydrogens is 338 g/mol. The van der Waals surface area contributed by atoms with Crippen LogP contribution in [0.2, 0.25) is 0 Å². The molecule has 0 unspecified atom stereocenters. The van der Waals surface area contributed by atoms with E-state index in [4.69, 9.17) is 0 Å². The van der Waals surface area contributed by atoms with E-state index < -0.39 is 10.0 Å². The fourth-order valence-corrected chi connectivity index (χ4v) is 3.80. The van der Waals surface area contributed by atoms with Gasteiger partial charge in [0.25, 0.3) is 0 Å². The van der Waals surface area contributed by atoms with Crippen LogP contribution < -0.4 is 4.72 Å². The molecule has 0 radical (unpaired) electrons. The van der Waals surface area contributed by atoms with E-state index in [1.54, 1.807) is 12.1 Å². The molecule has 0 aliphatic carbocycles. The Labute approximate surface area is 146 Å². The smallest absolute Gasteiger partial charge is 0.240 e. The van der Waals surface area contributed by atoms with Crippen LogP contribution in [0.25, 0.3) is 11.0 Å². The molecule has 0 atom stereocenters. The van der Waals surface area contributed by atoms with Gasteiger partial charge in [-0.2, -0.15) is 0 Å². The Balaban J connectivity index is 1.75. The molecule has 130 valence electrons. The Morgan fingerprint density at radius 3 is 2.68 bits per heavy atom. The standard InChI is InChI=1S/C18H19N3O3S/c1-13(22)15-6-5-7-16(12-15)25(23,24)19-10-11-21-14(2)20-17-8-3-4-9-18(17)21/h3-9,12,19H,10-11H2,1-2H3. The van der Waals surface area contributed by atoms with Gasteiger partial charge >= 0.3 is 0 Å². The first-order valence-electron chi connectivity index (χ1n) is 7.91. The van der Waals surface area contributed by atoms with Crippen LogP contribution in [0.4, 0.5) is 0 Å². The molecule has 25 heavy (non-hydrogen) atoms. The zero-order valence-electron chi connectivity index (χ0n) is 14.1. The third-order valence-electron chi connectivity index (χ3n) is 4.02. The lowest BCUT2D eigenvalue weighted by atomic mass is 10.2. The molecule has 0 amide bonds. The van der Waals surface area contributed by atoms with Gasteiger partial charge in [-0.05, 0) is 38.1 Å². The highest BCUT2D eigenvalue weighted by atomic mass is 32.2. The number of carbonyl (C=O) groups excluding carboxylic acids is 1. The first kappa shape index (κ1) is 17.3. The molecule has 0 saturated heterocycles. The second kappa shape index (κ2) is 6.78. The minimum absolute atomic E-state index is 0.0902. The van der Waals surface area contributed by atoms with Gasteiger partial charge in [0.1, 0.15) is 5.82 Å². The fraction of sp³-hybridized carbons (Fsp3) is 0.222. The monoisotopic (exact) mass is 357 g/mol. The summed E-state index contributed by atoms with van der Waals surface area (Å²) in [4.78, 5) is 16.0. The summed E-state index contributed by atoms with van der Waals surface area (Å²) < 4.78 is 29.4. The predicted octanol–water partition coefficient (Wildman–Crippen LogP) is 2.53. The summed E-state index contributed by atoms with van der Waals surface area (Å²) in [5.41, 5.74) is 2.23. The van der Waals surface area contributed by atoms with Crippen molar-refractivity contribution in [2.24, 2.45) is 0 Å². The van der Waals surface area contributed by atoms with Crippen LogP contribution in [0.1, 0.15) is 23.1 Å². The number of fused-ring (bicyclic) bond motifs is 1. The van der Waals surface area contributed by atoms with E-state index in [1.807, 2.05) is 35.8 Å². The Morgan fingerprint density at radius 2 is 1.92 bits per heavy atom. The van der Waals surface area contributed by atoms with Crippen molar-refractivity contribution in [1.82, 2.24) is 14.3 Å². The Morgan fingerprint density at radius 1 is 1.16 bits per heavy atom. The molecule has 0 spiro atoms. The third kappa shape index (κ3) is 3.62. The first-order valence-corrected chi connectivity index (χ1v) is 9.39. The van der Waals surface area contributed by atoms with Crippen molar-refractivity contribution in [3.8, 4) is 0 Å². The lowest BCUT2D eigenvalue weighted by Crippen LogP contribution is -2.27. The van der Waals surface area contributed by atoms with Gasteiger partial charge in [0.05, 0.1) is 15.9 Å². The van der Waals surface area contributed by atoms with Crippen LogP contribution in [-0.2, 0) is 16.6 Å². The lowest BCUT2D eigenvalue weighted by molar-refractivity contribution is 0.101. The van der Waals surface area contributed by atoms with Gasteiger partial charge in [0, 0.05) is 18.7 Å². The van der Waals surface area contributed by atoms with Gasteiger partial charge in [-0.3, -0.25) is 4.79 Å². The second-order valence-corrected chi connectivity index (χ2v) is 7.55. The zero-order chi connectivity index (χ0) is 18.0. The minimum atomic E-state index is -3.67. The summed E-state index contributed by atoms with van der Waals surface area (Å²) in [6.45, 7) is 4.00.